The third-order valence-electron chi connectivity index (χ3n) is 2.87. The van der Waals surface area contributed by atoms with Gasteiger partial charge in [-0.1, -0.05) is 0 Å². The molecule has 0 aromatic heterocycles. The minimum atomic E-state index is -1.14. The van der Waals surface area contributed by atoms with Crippen molar-refractivity contribution in [3.05, 3.63) is 23.7 Å². The Morgan fingerprint density at radius 1 is 0.643 bits per heavy atom. The molecule has 0 fully saturated rings. The number of hydrogen-bond donors (Lipinski definition) is 2. The molecule has 11 heteroatoms. The Labute approximate surface area is 162 Å². The van der Waals surface area contributed by atoms with Crippen LogP contribution in [0.1, 0.15) is 41.5 Å². The molecule has 0 radical (unpaired) electrons. The van der Waals surface area contributed by atoms with Gasteiger partial charge in [0.1, 0.15) is 0 Å². The maximum absolute atomic E-state index is 11.7. The third-order valence-corrected chi connectivity index (χ3v) is 2.87. The molecule has 0 spiro atoms. The van der Waals surface area contributed by atoms with E-state index in [1.165, 1.54) is 41.5 Å². The number of esters is 2. The second kappa shape index (κ2) is 12.6. The highest BCUT2D eigenvalue weighted by Crippen LogP contribution is 2.09. The van der Waals surface area contributed by atoms with E-state index in [0.717, 1.165) is 0 Å². The zero-order valence-electron chi connectivity index (χ0n) is 16.5. The monoisotopic (exact) mass is 406 g/mol. The average molecular weight is 406 g/mol. The van der Waals surface area contributed by atoms with E-state index in [2.05, 4.69) is 0 Å². The van der Waals surface area contributed by atoms with Gasteiger partial charge in [0.2, 0.25) is 25.2 Å². The summed E-state index contributed by atoms with van der Waals surface area (Å²) in [7, 11) is 0. The lowest BCUT2D eigenvalue weighted by Gasteiger charge is -2.22. The van der Waals surface area contributed by atoms with E-state index >= 15 is 0 Å². The highest BCUT2D eigenvalue weighted by Gasteiger charge is 2.21. The predicted molar refractivity (Wildman–Crippen MR) is 92.5 cm³/mol. The molecule has 11 nitrogen and oxygen atoms in total. The van der Waals surface area contributed by atoms with Gasteiger partial charge in [-0.15, -0.1) is 0 Å². The van der Waals surface area contributed by atoms with Crippen molar-refractivity contribution in [1.82, 2.24) is 0 Å². The summed E-state index contributed by atoms with van der Waals surface area (Å²) >= 11 is 0. The number of carbonyl (C=O) groups is 3. The van der Waals surface area contributed by atoms with Crippen LogP contribution in [0.15, 0.2) is 23.7 Å². The Hall–Kier alpha value is -2.79. The molecular weight excluding hydrogens is 380 g/mol. The molecule has 0 rings (SSSR count). The second-order valence-corrected chi connectivity index (χ2v) is 5.46. The van der Waals surface area contributed by atoms with Crippen LogP contribution in [-0.4, -0.2) is 53.5 Å². The highest BCUT2D eigenvalue weighted by molar-refractivity contribution is 5.87. The fraction of sp³-hybridized carbons (Fsp3) is 0.588. The van der Waals surface area contributed by atoms with Crippen LogP contribution in [0.2, 0.25) is 0 Å². The molecule has 0 aliphatic rings. The van der Waals surface area contributed by atoms with Crippen LogP contribution in [0.3, 0.4) is 0 Å². The van der Waals surface area contributed by atoms with Gasteiger partial charge in [-0.3, -0.25) is 0 Å². The minimum Gasteiger partial charge on any atom is -0.515 e. The standard InChI is InChI=1S/C17H26O11/c1-9(7-18)15(20)25-11(3)23-13(5)27-17(22)28-14(6)24-12(4)26-16(21)10(2)8-19/h7-8,11-14,18-19H,1-6H3/b9-7+,10-8+. The van der Waals surface area contributed by atoms with Crippen molar-refractivity contribution in [3.8, 4) is 0 Å². The van der Waals surface area contributed by atoms with Crippen molar-refractivity contribution in [2.45, 2.75) is 66.7 Å². The van der Waals surface area contributed by atoms with Crippen LogP contribution in [-0.2, 0) is 38.0 Å². The molecule has 0 aromatic rings. The van der Waals surface area contributed by atoms with E-state index in [4.69, 9.17) is 38.6 Å². The fourth-order valence-electron chi connectivity index (χ4n) is 1.54. The molecule has 4 unspecified atom stereocenters. The van der Waals surface area contributed by atoms with Gasteiger partial charge in [0.25, 0.3) is 0 Å². The Morgan fingerprint density at radius 2 is 0.929 bits per heavy atom. The molecule has 0 amide bonds. The van der Waals surface area contributed by atoms with Gasteiger partial charge in [-0.2, -0.15) is 0 Å². The Kier molecular flexibility index (Phi) is 11.3. The molecule has 0 saturated carbocycles. The number of ether oxygens (including phenoxy) is 6. The van der Waals surface area contributed by atoms with Gasteiger partial charge in [0, 0.05) is 0 Å². The van der Waals surface area contributed by atoms with E-state index in [0.29, 0.717) is 12.5 Å². The molecule has 0 aromatic carbocycles. The summed E-state index contributed by atoms with van der Waals surface area (Å²) in [6, 6.07) is 0. The largest absolute Gasteiger partial charge is 0.515 e. The summed E-state index contributed by atoms with van der Waals surface area (Å²) < 4.78 is 29.5. The molecule has 0 aliphatic carbocycles. The fourth-order valence-corrected chi connectivity index (χ4v) is 1.54. The summed E-state index contributed by atoms with van der Waals surface area (Å²) in [5, 5.41) is 17.4. The number of rotatable bonds is 10. The second-order valence-electron chi connectivity index (χ2n) is 5.46. The summed E-state index contributed by atoms with van der Waals surface area (Å²) in [5.41, 5.74) is -0.0669. The van der Waals surface area contributed by atoms with Crippen molar-refractivity contribution < 1.29 is 53.0 Å². The smallest absolute Gasteiger partial charge is 0.512 e. The Morgan fingerprint density at radius 3 is 1.21 bits per heavy atom. The molecule has 28 heavy (non-hydrogen) atoms. The molecule has 160 valence electrons. The van der Waals surface area contributed by atoms with E-state index < -0.39 is 43.3 Å². The first-order chi connectivity index (χ1) is 13.0. The van der Waals surface area contributed by atoms with Gasteiger partial charge in [-0.25, -0.2) is 14.4 Å². The SMILES string of the molecule is C/C(=C\O)C(=O)OC(C)OC(C)OC(=O)OC(C)OC(C)OC(=O)/C(C)=C/O. The van der Waals surface area contributed by atoms with Gasteiger partial charge < -0.3 is 38.6 Å². The molecular formula is C17H26O11. The quantitative estimate of drug-likeness (QED) is 0.181. The van der Waals surface area contributed by atoms with Gasteiger partial charge >= 0.3 is 18.1 Å². The maximum Gasteiger partial charge on any atom is 0.512 e. The average Bonchev–Trinajstić information content (AvgIpc) is 2.58. The van der Waals surface area contributed by atoms with Crippen molar-refractivity contribution in [3.63, 3.8) is 0 Å². The number of aliphatic hydroxyl groups is 2. The first-order valence-corrected chi connectivity index (χ1v) is 8.22. The number of carbonyl (C=O) groups excluding carboxylic acids is 3. The lowest BCUT2D eigenvalue weighted by atomic mass is 10.3. The first-order valence-electron chi connectivity index (χ1n) is 8.22. The van der Waals surface area contributed by atoms with E-state index in [9.17, 15) is 14.4 Å². The Bertz CT molecular complexity index is 546. The van der Waals surface area contributed by atoms with E-state index in [1.807, 2.05) is 0 Å². The van der Waals surface area contributed by atoms with Gasteiger partial charge in [0.05, 0.1) is 23.7 Å². The summed E-state index contributed by atoms with van der Waals surface area (Å²) in [6.07, 6.45) is -4.36. The molecule has 0 saturated heterocycles. The molecule has 4 atom stereocenters. The van der Waals surface area contributed by atoms with E-state index in [-0.39, 0.29) is 11.1 Å². The minimum absolute atomic E-state index is 0.0334. The zero-order valence-corrected chi connectivity index (χ0v) is 16.5. The number of aliphatic hydroxyl groups excluding tert-OH is 2. The van der Waals surface area contributed by atoms with Crippen molar-refractivity contribution in [2.75, 3.05) is 0 Å². The van der Waals surface area contributed by atoms with Crippen LogP contribution in [0.25, 0.3) is 0 Å². The maximum atomic E-state index is 11.7. The van der Waals surface area contributed by atoms with Crippen molar-refractivity contribution in [2.24, 2.45) is 0 Å². The highest BCUT2D eigenvalue weighted by atomic mass is 16.9. The lowest BCUT2D eigenvalue weighted by Crippen LogP contribution is -2.30. The lowest BCUT2D eigenvalue weighted by molar-refractivity contribution is -0.234. The van der Waals surface area contributed by atoms with Gasteiger partial charge in [-0.05, 0) is 41.5 Å². The first kappa shape index (κ1) is 25.2. The van der Waals surface area contributed by atoms with Crippen LogP contribution in [0.4, 0.5) is 4.79 Å². The Balaban J connectivity index is 4.30. The topological polar surface area (TPSA) is 147 Å². The van der Waals surface area contributed by atoms with Crippen molar-refractivity contribution >= 4 is 18.1 Å². The molecule has 2 N–H and O–H groups in total. The van der Waals surface area contributed by atoms with Crippen LogP contribution >= 0.6 is 0 Å². The predicted octanol–water partition coefficient (Wildman–Crippen LogP) is 2.57. The van der Waals surface area contributed by atoms with E-state index in [1.54, 1.807) is 0 Å². The van der Waals surface area contributed by atoms with Crippen LogP contribution in [0, 0.1) is 0 Å². The normalized spacial score (nSPS) is 16.4. The third kappa shape index (κ3) is 10.4. The van der Waals surface area contributed by atoms with Crippen LogP contribution < -0.4 is 0 Å². The van der Waals surface area contributed by atoms with Gasteiger partial charge in [0.15, 0.2) is 0 Å². The molecule has 0 aliphatic heterocycles. The summed E-state index contributed by atoms with van der Waals surface area (Å²) in [6.45, 7) is 8.18. The molecule has 0 heterocycles. The summed E-state index contributed by atoms with van der Waals surface area (Å²) in [5.74, 6) is -1.61. The van der Waals surface area contributed by atoms with Crippen molar-refractivity contribution in [1.29, 1.82) is 0 Å². The number of hydrogen-bond acceptors (Lipinski definition) is 11. The molecule has 0 bridgehead atoms. The summed E-state index contributed by atoms with van der Waals surface area (Å²) in [4.78, 5) is 34.6. The van der Waals surface area contributed by atoms with Crippen LogP contribution in [0.5, 0.6) is 0 Å². The zero-order chi connectivity index (χ0) is 21.9.